The molecular formula is C14H24N2O2S. The van der Waals surface area contributed by atoms with E-state index in [1.807, 2.05) is 11.8 Å². The molecule has 1 saturated carbocycles. The number of nitrogens with two attached hydrogens (primary N) is 1. The molecule has 0 radical (unpaired) electrons. The fourth-order valence-electron chi connectivity index (χ4n) is 3.34. The van der Waals surface area contributed by atoms with Crippen molar-refractivity contribution in [2.24, 2.45) is 17.1 Å². The highest BCUT2D eigenvalue weighted by atomic mass is 32.1. The third-order valence-electron chi connectivity index (χ3n) is 4.74. The van der Waals surface area contributed by atoms with Crippen LogP contribution in [0.4, 0.5) is 0 Å². The summed E-state index contributed by atoms with van der Waals surface area (Å²) in [4.78, 5) is 15.1. The summed E-state index contributed by atoms with van der Waals surface area (Å²) < 4.78 is 0. The van der Waals surface area contributed by atoms with Crippen molar-refractivity contribution < 1.29 is 9.90 Å². The summed E-state index contributed by atoms with van der Waals surface area (Å²) >= 11 is 5.21. The Hall–Kier alpha value is -0.680. The van der Waals surface area contributed by atoms with Crippen molar-refractivity contribution in [1.29, 1.82) is 0 Å². The minimum absolute atomic E-state index is 0.0958. The van der Waals surface area contributed by atoms with Gasteiger partial charge in [-0.05, 0) is 25.2 Å². The summed E-state index contributed by atoms with van der Waals surface area (Å²) in [7, 11) is 0. The smallest absolute Gasteiger partial charge is 0.235 e. The van der Waals surface area contributed by atoms with Gasteiger partial charge in [-0.2, -0.15) is 0 Å². The van der Waals surface area contributed by atoms with Crippen molar-refractivity contribution in [1.82, 2.24) is 4.90 Å². The molecule has 2 atom stereocenters. The van der Waals surface area contributed by atoms with E-state index in [4.69, 9.17) is 18.0 Å². The second-order valence-electron chi connectivity index (χ2n) is 6.09. The van der Waals surface area contributed by atoms with E-state index in [0.717, 1.165) is 32.1 Å². The minimum atomic E-state index is -0.615. The van der Waals surface area contributed by atoms with Crippen LogP contribution in [0.25, 0.3) is 0 Å². The van der Waals surface area contributed by atoms with Crippen LogP contribution in [0, 0.1) is 11.3 Å². The van der Waals surface area contributed by atoms with Gasteiger partial charge in [0.15, 0.2) is 0 Å². The minimum Gasteiger partial charge on any atom is -0.393 e. The van der Waals surface area contributed by atoms with E-state index in [0.29, 0.717) is 24.5 Å². The molecule has 1 saturated heterocycles. The maximum absolute atomic E-state index is 12.8. The normalized spacial score (nSPS) is 30.9. The van der Waals surface area contributed by atoms with E-state index < -0.39 is 5.41 Å². The molecule has 0 bridgehead atoms. The average molecular weight is 284 g/mol. The van der Waals surface area contributed by atoms with Crippen LogP contribution < -0.4 is 5.73 Å². The molecular weight excluding hydrogens is 260 g/mol. The number of carbonyl (C=O) groups excluding carboxylic acids is 1. The molecule has 1 aliphatic heterocycles. The highest BCUT2D eigenvalue weighted by Gasteiger charge is 2.45. The SMILES string of the molecule is CC1CN(C(=O)C2(C(N)=S)CCCCC2)CCC1O. The van der Waals surface area contributed by atoms with Crippen LogP contribution in [0.3, 0.4) is 0 Å². The zero-order valence-electron chi connectivity index (χ0n) is 11.6. The number of rotatable bonds is 2. The molecule has 0 aromatic carbocycles. The Bertz CT molecular complexity index is 366. The zero-order valence-corrected chi connectivity index (χ0v) is 12.4. The quantitative estimate of drug-likeness (QED) is 0.753. The average Bonchev–Trinajstić information content (AvgIpc) is 2.41. The van der Waals surface area contributed by atoms with Crippen LogP contribution in [0.15, 0.2) is 0 Å². The van der Waals surface area contributed by atoms with Gasteiger partial charge in [0, 0.05) is 13.1 Å². The summed E-state index contributed by atoms with van der Waals surface area (Å²) in [5.74, 6) is 0.225. The second kappa shape index (κ2) is 5.75. The topological polar surface area (TPSA) is 66.6 Å². The monoisotopic (exact) mass is 284 g/mol. The Morgan fingerprint density at radius 3 is 2.53 bits per heavy atom. The first-order valence-corrected chi connectivity index (χ1v) is 7.65. The van der Waals surface area contributed by atoms with Gasteiger partial charge in [0.25, 0.3) is 0 Å². The van der Waals surface area contributed by atoms with Gasteiger partial charge < -0.3 is 15.7 Å². The first-order valence-electron chi connectivity index (χ1n) is 7.25. The Labute approximate surface area is 120 Å². The zero-order chi connectivity index (χ0) is 14.0. The fourth-order valence-corrected chi connectivity index (χ4v) is 3.63. The molecule has 3 N–H and O–H groups in total. The lowest BCUT2D eigenvalue weighted by molar-refractivity contribution is -0.143. The van der Waals surface area contributed by atoms with Gasteiger partial charge >= 0.3 is 0 Å². The van der Waals surface area contributed by atoms with Crippen LogP contribution in [-0.2, 0) is 4.79 Å². The number of hydrogen-bond donors (Lipinski definition) is 2. The summed E-state index contributed by atoms with van der Waals surface area (Å²) in [6.45, 7) is 3.22. The summed E-state index contributed by atoms with van der Waals surface area (Å²) in [5, 5.41) is 9.77. The first-order chi connectivity index (χ1) is 8.97. The maximum Gasteiger partial charge on any atom is 0.235 e. The molecule has 0 spiro atoms. The van der Waals surface area contributed by atoms with Crippen molar-refractivity contribution in [3.05, 3.63) is 0 Å². The van der Waals surface area contributed by atoms with Crippen molar-refractivity contribution in [3.8, 4) is 0 Å². The molecule has 5 heteroatoms. The number of amides is 1. The van der Waals surface area contributed by atoms with Crippen LogP contribution in [0.5, 0.6) is 0 Å². The Kier molecular flexibility index (Phi) is 4.46. The number of piperidine rings is 1. The van der Waals surface area contributed by atoms with Crippen molar-refractivity contribution in [3.63, 3.8) is 0 Å². The number of likely N-dealkylation sites (tertiary alicyclic amines) is 1. The third kappa shape index (κ3) is 2.77. The Balaban J connectivity index is 2.14. The van der Waals surface area contributed by atoms with Crippen molar-refractivity contribution in [2.75, 3.05) is 13.1 Å². The lowest BCUT2D eigenvalue weighted by Gasteiger charge is -2.42. The summed E-state index contributed by atoms with van der Waals surface area (Å²) in [6.07, 6.45) is 5.14. The van der Waals surface area contributed by atoms with E-state index >= 15 is 0 Å². The van der Waals surface area contributed by atoms with Gasteiger partial charge in [0.05, 0.1) is 16.5 Å². The molecule has 0 aromatic rings. The lowest BCUT2D eigenvalue weighted by Crippen LogP contribution is -2.55. The highest BCUT2D eigenvalue weighted by Crippen LogP contribution is 2.39. The molecule has 4 nitrogen and oxygen atoms in total. The number of hydrogen-bond acceptors (Lipinski definition) is 3. The fraction of sp³-hybridized carbons (Fsp3) is 0.857. The van der Waals surface area contributed by atoms with Gasteiger partial charge in [-0.25, -0.2) is 0 Å². The number of thiocarbonyl (C=S) groups is 1. The molecule has 108 valence electrons. The third-order valence-corrected chi connectivity index (χ3v) is 5.13. The molecule has 1 amide bonds. The maximum atomic E-state index is 12.8. The predicted molar refractivity (Wildman–Crippen MR) is 78.7 cm³/mol. The number of nitrogens with zero attached hydrogens (tertiary/aromatic N) is 1. The highest BCUT2D eigenvalue weighted by molar-refractivity contribution is 7.80. The van der Waals surface area contributed by atoms with Crippen LogP contribution in [-0.4, -0.2) is 40.1 Å². The van der Waals surface area contributed by atoms with Crippen LogP contribution in [0.1, 0.15) is 45.4 Å². The molecule has 2 aliphatic rings. The molecule has 2 unspecified atom stereocenters. The molecule has 19 heavy (non-hydrogen) atoms. The number of aliphatic hydroxyl groups excluding tert-OH is 1. The Morgan fingerprint density at radius 1 is 1.37 bits per heavy atom. The predicted octanol–water partition coefficient (Wildman–Crippen LogP) is 1.45. The standard InChI is InChI=1S/C14H24N2O2S/c1-10-9-16(8-5-11(10)17)13(18)14(12(15)19)6-3-2-4-7-14/h10-11,17H,2-9H2,1H3,(H2,15,19). The molecule has 2 rings (SSSR count). The number of carbonyl (C=O) groups is 1. The number of aliphatic hydroxyl groups is 1. The van der Waals surface area contributed by atoms with E-state index in [1.165, 1.54) is 0 Å². The largest absolute Gasteiger partial charge is 0.393 e. The lowest BCUT2D eigenvalue weighted by atomic mass is 9.72. The van der Waals surface area contributed by atoms with Gasteiger partial charge in [0.2, 0.25) is 5.91 Å². The first kappa shape index (κ1) is 14.7. The van der Waals surface area contributed by atoms with E-state index in [9.17, 15) is 9.90 Å². The second-order valence-corrected chi connectivity index (χ2v) is 6.53. The summed E-state index contributed by atoms with van der Waals surface area (Å²) in [6, 6.07) is 0. The van der Waals surface area contributed by atoms with E-state index in [2.05, 4.69) is 0 Å². The molecule has 0 aromatic heterocycles. The van der Waals surface area contributed by atoms with Gasteiger partial charge in [-0.3, -0.25) is 4.79 Å². The van der Waals surface area contributed by atoms with Gasteiger partial charge in [0.1, 0.15) is 0 Å². The summed E-state index contributed by atoms with van der Waals surface area (Å²) in [5.41, 5.74) is 5.29. The van der Waals surface area contributed by atoms with Gasteiger partial charge in [-0.15, -0.1) is 0 Å². The van der Waals surface area contributed by atoms with Crippen molar-refractivity contribution >= 4 is 23.1 Å². The van der Waals surface area contributed by atoms with E-state index in [-0.39, 0.29) is 17.9 Å². The van der Waals surface area contributed by atoms with Crippen molar-refractivity contribution in [2.45, 2.75) is 51.6 Å². The molecule has 1 aliphatic carbocycles. The van der Waals surface area contributed by atoms with Crippen LogP contribution in [0.2, 0.25) is 0 Å². The van der Waals surface area contributed by atoms with Gasteiger partial charge in [-0.1, -0.05) is 38.4 Å². The van der Waals surface area contributed by atoms with Crippen LogP contribution >= 0.6 is 12.2 Å². The Morgan fingerprint density at radius 2 is 2.00 bits per heavy atom. The van der Waals surface area contributed by atoms with E-state index in [1.54, 1.807) is 0 Å². The molecule has 1 heterocycles. The molecule has 2 fully saturated rings.